The van der Waals surface area contributed by atoms with Crippen LogP contribution in [0.15, 0.2) is 12.3 Å². The summed E-state index contributed by atoms with van der Waals surface area (Å²) in [6.45, 7) is 0.357. The largest absolute Gasteiger partial charge is 0.467 e. The van der Waals surface area contributed by atoms with E-state index in [9.17, 15) is 18.0 Å². The van der Waals surface area contributed by atoms with Gasteiger partial charge in [-0.2, -0.15) is 18.3 Å². The van der Waals surface area contributed by atoms with Crippen LogP contribution in [-0.2, 0) is 16.1 Å². The quantitative estimate of drug-likeness (QED) is 0.822. The van der Waals surface area contributed by atoms with Crippen LogP contribution in [0.1, 0.15) is 6.92 Å². The molecule has 1 rings (SSSR count). The second kappa shape index (κ2) is 5.07. The lowest BCUT2D eigenvalue weighted by Gasteiger charge is -2.10. The fourth-order valence-electron chi connectivity index (χ4n) is 1.17. The Kier molecular flexibility index (Phi) is 3.97. The molecule has 0 bridgehead atoms. The average Bonchev–Trinajstić information content (AvgIpc) is 2.61. The smallest absolute Gasteiger partial charge is 0.408 e. The molecule has 1 heterocycles. The third kappa shape index (κ3) is 4.33. The summed E-state index contributed by atoms with van der Waals surface area (Å²) < 4.78 is 41.3. The molecule has 0 saturated carbocycles. The predicted octanol–water partition coefficient (Wildman–Crippen LogP) is 1.42. The van der Waals surface area contributed by atoms with Gasteiger partial charge in [-0.15, -0.1) is 0 Å². The number of carbonyl (C=O) groups is 1. The Morgan fingerprint density at radius 1 is 1.65 bits per heavy atom. The van der Waals surface area contributed by atoms with E-state index in [4.69, 9.17) is 0 Å². The number of rotatable bonds is 4. The second-order valence-electron chi connectivity index (χ2n) is 3.40. The maximum Gasteiger partial charge on any atom is 0.408 e. The van der Waals surface area contributed by atoms with Gasteiger partial charge in [0.25, 0.3) is 0 Å². The summed E-state index contributed by atoms with van der Waals surface area (Å²) in [5.41, 5.74) is 0. The van der Waals surface area contributed by atoms with Gasteiger partial charge < -0.3 is 10.1 Å². The molecule has 0 saturated heterocycles. The number of nitrogens with zero attached hydrogens (tertiary/aromatic N) is 2. The molecule has 8 heteroatoms. The Balaban J connectivity index is 2.60. The molecule has 0 aromatic carbocycles. The molecular formula is C9H12F3N3O2. The van der Waals surface area contributed by atoms with Crippen LogP contribution in [0.2, 0.25) is 0 Å². The molecule has 5 nitrogen and oxygen atoms in total. The predicted molar refractivity (Wildman–Crippen MR) is 53.4 cm³/mol. The lowest BCUT2D eigenvalue weighted by molar-refractivity contribution is -0.143. The summed E-state index contributed by atoms with van der Waals surface area (Å²) in [4.78, 5) is 11.1. The number of nitrogens with one attached hydrogen (secondary N) is 1. The summed E-state index contributed by atoms with van der Waals surface area (Å²) >= 11 is 0. The number of halogens is 3. The molecule has 0 fully saturated rings. The van der Waals surface area contributed by atoms with Crippen molar-refractivity contribution < 1.29 is 22.7 Å². The van der Waals surface area contributed by atoms with Crippen molar-refractivity contribution in [1.29, 1.82) is 0 Å². The van der Waals surface area contributed by atoms with Gasteiger partial charge in [0.15, 0.2) is 0 Å². The van der Waals surface area contributed by atoms with Gasteiger partial charge in [0.1, 0.15) is 18.4 Å². The molecule has 96 valence electrons. The summed E-state index contributed by atoms with van der Waals surface area (Å²) in [6.07, 6.45) is -3.14. The number of ether oxygens (including phenoxy) is 1. The first-order valence-corrected chi connectivity index (χ1v) is 4.76. The standard InChI is InChI=1S/C9H12F3N3O2/c1-6(8(16)17-2)13-7-3-4-15(14-7)5-9(10,11)12/h3-4,6H,5H2,1-2H3,(H,13,14)/t6-/m1/s1. The van der Waals surface area contributed by atoms with Crippen molar-refractivity contribution in [3.8, 4) is 0 Å². The molecule has 0 aliphatic carbocycles. The Labute approximate surface area is 95.5 Å². The van der Waals surface area contributed by atoms with E-state index in [0.29, 0.717) is 0 Å². The zero-order valence-corrected chi connectivity index (χ0v) is 9.28. The molecule has 1 N–H and O–H groups in total. The lowest BCUT2D eigenvalue weighted by atomic mass is 10.3. The molecule has 0 radical (unpaired) electrons. The number of esters is 1. The van der Waals surface area contributed by atoms with Crippen molar-refractivity contribution in [3.63, 3.8) is 0 Å². The second-order valence-corrected chi connectivity index (χ2v) is 3.40. The zero-order chi connectivity index (χ0) is 13.1. The SMILES string of the molecule is COC(=O)[C@@H](C)Nc1ccn(CC(F)(F)F)n1. The first-order valence-electron chi connectivity index (χ1n) is 4.76. The number of carbonyl (C=O) groups excluding carboxylic acids is 1. The summed E-state index contributed by atoms with van der Waals surface area (Å²) in [7, 11) is 1.22. The highest BCUT2D eigenvalue weighted by molar-refractivity contribution is 5.78. The highest BCUT2D eigenvalue weighted by atomic mass is 19.4. The van der Waals surface area contributed by atoms with E-state index in [0.717, 1.165) is 4.68 Å². The summed E-state index contributed by atoms with van der Waals surface area (Å²) in [6, 6.07) is 0.680. The Bertz CT molecular complexity index is 389. The third-order valence-corrected chi connectivity index (χ3v) is 1.90. The van der Waals surface area contributed by atoms with Gasteiger partial charge in [-0.25, -0.2) is 4.79 Å². The fourth-order valence-corrected chi connectivity index (χ4v) is 1.17. The van der Waals surface area contributed by atoms with Crippen LogP contribution in [0.4, 0.5) is 19.0 Å². The maximum absolute atomic E-state index is 12.0. The Hall–Kier alpha value is -1.73. The number of alkyl halides is 3. The van der Waals surface area contributed by atoms with Crippen molar-refractivity contribution >= 4 is 11.8 Å². The van der Waals surface area contributed by atoms with Crippen LogP contribution in [0, 0.1) is 0 Å². The monoisotopic (exact) mass is 251 g/mol. The van der Waals surface area contributed by atoms with Crippen LogP contribution < -0.4 is 5.32 Å². The zero-order valence-electron chi connectivity index (χ0n) is 9.28. The van der Waals surface area contributed by atoms with E-state index >= 15 is 0 Å². The van der Waals surface area contributed by atoms with Crippen LogP contribution in [0.5, 0.6) is 0 Å². The summed E-state index contributed by atoms with van der Waals surface area (Å²) in [5.74, 6) is -0.331. The van der Waals surface area contributed by atoms with Gasteiger partial charge in [-0.05, 0) is 6.92 Å². The van der Waals surface area contributed by atoms with Gasteiger partial charge in [0, 0.05) is 12.3 Å². The first kappa shape index (κ1) is 13.3. The van der Waals surface area contributed by atoms with Gasteiger partial charge >= 0.3 is 12.1 Å². The normalized spacial score (nSPS) is 13.2. The van der Waals surface area contributed by atoms with E-state index in [-0.39, 0.29) is 5.82 Å². The van der Waals surface area contributed by atoms with Gasteiger partial charge in [0.2, 0.25) is 0 Å². The van der Waals surface area contributed by atoms with Crippen LogP contribution in [-0.4, -0.2) is 35.1 Å². The average molecular weight is 251 g/mol. The highest BCUT2D eigenvalue weighted by Crippen LogP contribution is 2.17. The molecule has 1 aromatic rings. The van der Waals surface area contributed by atoms with Crippen molar-refractivity contribution in [2.45, 2.75) is 25.7 Å². The number of aromatic nitrogens is 2. The summed E-state index contributed by atoms with van der Waals surface area (Å²) in [5, 5.41) is 6.25. The molecule has 1 aromatic heterocycles. The van der Waals surface area contributed by atoms with E-state index in [1.54, 1.807) is 0 Å². The lowest BCUT2D eigenvalue weighted by Crippen LogP contribution is -2.27. The Morgan fingerprint density at radius 2 is 2.29 bits per heavy atom. The third-order valence-electron chi connectivity index (χ3n) is 1.90. The van der Waals surface area contributed by atoms with E-state index in [2.05, 4.69) is 15.2 Å². The maximum atomic E-state index is 12.0. The first-order chi connectivity index (χ1) is 7.81. The minimum Gasteiger partial charge on any atom is -0.467 e. The van der Waals surface area contributed by atoms with Gasteiger partial charge in [0.05, 0.1) is 7.11 Å². The van der Waals surface area contributed by atoms with E-state index in [1.807, 2.05) is 0 Å². The Morgan fingerprint density at radius 3 is 2.82 bits per heavy atom. The molecule has 0 spiro atoms. The minimum absolute atomic E-state index is 0.187. The van der Waals surface area contributed by atoms with Gasteiger partial charge in [-0.3, -0.25) is 4.68 Å². The van der Waals surface area contributed by atoms with Gasteiger partial charge in [-0.1, -0.05) is 0 Å². The highest BCUT2D eigenvalue weighted by Gasteiger charge is 2.28. The molecule has 1 atom stereocenters. The number of hydrogen-bond acceptors (Lipinski definition) is 4. The van der Waals surface area contributed by atoms with Crippen molar-refractivity contribution in [2.75, 3.05) is 12.4 Å². The van der Waals surface area contributed by atoms with Crippen molar-refractivity contribution in [1.82, 2.24) is 9.78 Å². The van der Waals surface area contributed by atoms with Crippen molar-refractivity contribution in [3.05, 3.63) is 12.3 Å². The molecule has 0 aliphatic rings. The topological polar surface area (TPSA) is 56.1 Å². The molecule has 0 amide bonds. The number of methoxy groups -OCH3 is 1. The fraction of sp³-hybridized carbons (Fsp3) is 0.556. The molecular weight excluding hydrogens is 239 g/mol. The number of anilines is 1. The molecule has 17 heavy (non-hydrogen) atoms. The molecule has 0 unspecified atom stereocenters. The number of hydrogen-bond donors (Lipinski definition) is 1. The van der Waals surface area contributed by atoms with E-state index in [1.165, 1.54) is 26.3 Å². The van der Waals surface area contributed by atoms with Crippen LogP contribution >= 0.6 is 0 Å². The van der Waals surface area contributed by atoms with Crippen LogP contribution in [0.3, 0.4) is 0 Å². The molecule has 0 aliphatic heterocycles. The van der Waals surface area contributed by atoms with Crippen LogP contribution in [0.25, 0.3) is 0 Å². The minimum atomic E-state index is -4.32. The van der Waals surface area contributed by atoms with E-state index < -0.39 is 24.7 Å². The van der Waals surface area contributed by atoms with Crippen molar-refractivity contribution in [2.24, 2.45) is 0 Å².